The summed E-state index contributed by atoms with van der Waals surface area (Å²) >= 11 is 0. The predicted octanol–water partition coefficient (Wildman–Crippen LogP) is 2.60. The first kappa shape index (κ1) is 24.1. The number of aryl methyl sites for hydroxylation is 1. The minimum Gasteiger partial charge on any atom is -0.392 e. The summed E-state index contributed by atoms with van der Waals surface area (Å²) in [5, 5.41) is 17.0. The minimum absolute atomic E-state index is 0.0222. The van der Waals surface area contributed by atoms with Crippen LogP contribution in [-0.2, 0) is 28.9 Å². The van der Waals surface area contributed by atoms with Crippen molar-refractivity contribution in [3.8, 4) is 11.4 Å². The summed E-state index contributed by atoms with van der Waals surface area (Å²) in [7, 11) is 1.82. The van der Waals surface area contributed by atoms with Crippen molar-refractivity contribution in [1.82, 2.24) is 19.9 Å². The highest BCUT2D eigenvalue weighted by atomic mass is 16.5. The molecule has 0 radical (unpaired) electrons. The van der Waals surface area contributed by atoms with Gasteiger partial charge in [0.1, 0.15) is 0 Å². The van der Waals surface area contributed by atoms with E-state index in [9.17, 15) is 14.7 Å². The molecular weight excluding hydrogens is 458 g/mol. The Hall–Kier alpha value is -3.56. The number of likely N-dealkylation sites (tertiary alicyclic amines) is 1. The number of nitrogens with zero attached hydrogens (tertiary/aromatic N) is 4. The summed E-state index contributed by atoms with van der Waals surface area (Å²) in [4.78, 5) is 33.6. The van der Waals surface area contributed by atoms with Crippen molar-refractivity contribution in [2.24, 2.45) is 0 Å². The molecule has 9 nitrogen and oxygen atoms in total. The second-order valence-electron chi connectivity index (χ2n) is 9.61. The molecule has 9 heteroatoms. The maximum atomic E-state index is 13.5. The zero-order chi connectivity index (χ0) is 25.2. The number of carbonyl (C=O) groups excluding carboxylic acids is 2. The van der Waals surface area contributed by atoms with E-state index in [4.69, 9.17) is 4.52 Å². The van der Waals surface area contributed by atoms with Crippen LogP contribution in [0, 0.1) is 0 Å². The highest BCUT2D eigenvalue weighted by molar-refractivity contribution is 5.99. The number of amides is 2. The number of hydrogen-bond donors (Lipinski definition) is 2. The molecule has 1 aromatic heterocycles. The molecule has 0 bridgehead atoms. The van der Waals surface area contributed by atoms with Crippen LogP contribution >= 0.6 is 0 Å². The lowest BCUT2D eigenvalue weighted by atomic mass is 10.0. The van der Waals surface area contributed by atoms with E-state index in [1.807, 2.05) is 56.4 Å². The number of hydrogen-bond acceptors (Lipinski definition) is 7. The first-order valence-electron chi connectivity index (χ1n) is 12.4. The van der Waals surface area contributed by atoms with Crippen molar-refractivity contribution in [2.45, 2.75) is 44.8 Å². The van der Waals surface area contributed by atoms with Crippen LogP contribution < -0.4 is 5.32 Å². The molecule has 2 aromatic carbocycles. The standard InChI is InChI=1S/C27H31N5O4/c1-3-25-29-27(30-36-25)20-6-4-5-19(13-20)23(16-32-10-9-21(33)15-32)31(2)26(35)12-17-7-8-18-14-24(34)28-22(18)11-17/h4-8,11,13,21,23,33H,3,9-10,12,14-16H2,1-2H3,(H,28,34)/t21-,23-/m1/s1. The van der Waals surface area contributed by atoms with Crippen molar-refractivity contribution in [2.75, 3.05) is 32.0 Å². The van der Waals surface area contributed by atoms with Gasteiger partial charge in [0, 0.05) is 44.4 Å². The fourth-order valence-electron chi connectivity index (χ4n) is 4.92. The van der Waals surface area contributed by atoms with Gasteiger partial charge in [-0.2, -0.15) is 4.98 Å². The van der Waals surface area contributed by atoms with Crippen LogP contribution in [0.3, 0.4) is 0 Å². The Balaban J connectivity index is 1.39. The predicted molar refractivity (Wildman–Crippen MR) is 134 cm³/mol. The number of likely N-dealkylation sites (N-methyl/N-ethyl adjacent to an activating group) is 1. The molecule has 2 aliphatic heterocycles. The number of benzene rings is 2. The molecule has 2 amide bonds. The molecule has 2 N–H and O–H groups in total. The van der Waals surface area contributed by atoms with E-state index >= 15 is 0 Å². The van der Waals surface area contributed by atoms with Gasteiger partial charge >= 0.3 is 0 Å². The smallest absolute Gasteiger partial charge is 0.228 e. The molecule has 2 aliphatic rings. The van der Waals surface area contributed by atoms with E-state index < -0.39 is 0 Å². The Kier molecular flexibility index (Phi) is 6.84. The summed E-state index contributed by atoms with van der Waals surface area (Å²) in [6, 6.07) is 13.4. The lowest BCUT2D eigenvalue weighted by Crippen LogP contribution is -2.39. The van der Waals surface area contributed by atoms with Crippen LogP contribution in [0.2, 0.25) is 0 Å². The summed E-state index contributed by atoms with van der Waals surface area (Å²) in [6.45, 7) is 3.95. The number of β-amino-alcohol motifs (C(OH)–C–C–N with tert-alkyl or cyclic N) is 1. The van der Waals surface area contributed by atoms with Gasteiger partial charge in [-0.15, -0.1) is 0 Å². The molecule has 1 fully saturated rings. The van der Waals surface area contributed by atoms with Crippen LogP contribution in [0.25, 0.3) is 11.4 Å². The van der Waals surface area contributed by atoms with Gasteiger partial charge in [-0.3, -0.25) is 14.5 Å². The maximum absolute atomic E-state index is 13.5. The van der Waals surface area contributed by atoms with Gasteiger partial charge in [-0.05, 0) is 35.2 Å². The number of fused-ring (bicyclic) bond motifs is 1. The van der Waals surface area contributed by atoms with Gasteiger partial charge in [0.15, 0.2) is 0 Å². The Bertz CT molecular complexity index is 1270. The molecule has 2 atom stereocenters. The lowest BCUT2D eigenvalue weighted by molar-refractivity contribution is -0.131. The topological polar surface area (TPSA) is 112 Å². The van der Waals surface area contributed by atoms with E-state index in [2.05, 4.69) is 20.4 Å². The monoisotopic (exact) mass is 489 g/mol. The normalized spacial score (nSPS) is 18.2. The van der Waals surface area contributed by atoms with E-state index in [0.29, 0.717) is 37.6 Å². The van der Waals surface area contributed by atoms with Gasteiger partial charge in [0.2, 0.25) is 23.5 Å². The van der Waals surface area contributed by atoms with Gasteiger partial charge < -0.3 is 19.8 Å². The fraction of sp³-hybridized carbons (Fsp3) is 0.407. The molecule has 36 heavy (non-hydrogen) atoms. The third-order valence-electron chi connectivity index (χ3n) is 6.99. The molecular formula is C27H31N5O4. The molecule has 0 unspecified atom stereocenters. The summed E-state index contributed by atoms with van der Waals surface area (Å²) < 4.78 is 5.29. The molecule has 0 spiro atoms. The van der Waals surface area contributed by atoms with Crippen molar-refractivity contribution in [1.29, 1.82) is 0 Å². The molecule has 3 heterocycles. The molecule has 1 saturated heterocycles. The second kappa shape index (κ2) is 10.2. The first-order valence-corrected chi connectivity index (χ1v) is 12.4. The van der Waals surface area contributed by atoms with Crippen molar-refractivity contribution < 1.29 is 19.2 Å². The highest BCUT2D eigenvalue weighted by Gasteiger charge is 2.29. The van der Waals surface area contributed by atoms with E-state index in [1.165, 1.54) is 0 Å². The van der Waals surface area contributed by atoms with Crippen LogP contribution in [0.1, 0.15) is 42.0 Å². The number of aromatic nitrogens is 2. The number of rotatable bonds is 8. The number of aliphatic hydroxyl groups excluding tert-OH is 1. The van der Waals surface area contributed by atoms with E-state index in [1.54, 1.807) is 4.90 Å². The Morgan fingerprint density at radius 2 is 2.17 bits per heavy atom. The van der Waals surface area contributed by atoms with Gasteiger partial charge in [0.05, 0.1) is 25.0 Å². The van der Waals surface area contributed by atoms with Crippen molar-refractivity contribution >= 4 is 17.5 Å². The molecule has 188 valence electrons. The second-order valence-corrected chi connectivity index (χ2v) is 9.61. The third-order valence-corrected chi connectivity index (χ3v) is 6.99. The van der Waals surface area contributed by atoms with Crippen LogP contribution in [0.4, 0.5) is 5.69 Å². The summed E-state index contributed by atoms with van der Waals surface area (Å²) in [5.41, 5.74) is 4.40. The van der Waals surface area contributed by atoms with E-state index in [-0.39, 0.29) is 30.4 Å². The van der Waals surface area contributed by atoms with Crippen LogP contribution in [0.15, 0.2) is 47.0 Å². The number of aliphatic hydroxyl groups is 1. The quantitative estimate of drug-likeness (QED) is 0.500. The zero-order valence-corrected chi connectivity index (χ0v) is 20.6. The Morgan fingerprint density at radius 1 is 1.31 bits per heavy atom. The highest BCUT2D eigenvalue weighted by Crippen LogP contribution is 2.29. The average Bonchev–Trinajstić information content (AvgIpc) is 3.61. The maximum Gasteiger partial charge on any atom is 0.228 e. The third kappa shape index (κ3) is 5.17. The van der Waals surface area contributed by atoms with Crippen molar-refractivity contribution in [3.05, 3.63) is 65.0 Å². The first-order chi connectivity index (χ1) is 17.4. The Labute approximate surface area is 210 Å². The van der Waals surface area contributed by atoms with Gasteiger partial charge in [0.25, 0.3) is 0 Å². The van der Waals surface area contributed by atoms with Gasteiger partial charge in [-0.25, -0.2) is 0 Å². The lowest BCUT2D eigenvalue weighted by Gasteiger charge is -2.32. The summed E-state index contributed by atoms with van der Waals surface area (Å²) in [6.07, 6.45) is 1.66. The molecule has 3 aromatic rings. The van der Waals surface area contributed by atoms with Crippen LogP contribution in [-0.4, -0.2) is 69.6 Å². The van der Waals surface area contributed by atoms with E-state index in [0.717, 1.165) is 40.9 Å². The SMILES string of the molecule is CCc1nc(-c2cccc([C@@H](CN3CC[C@@H](O)C3)N(C)C(=O)Cc3ccc4c(c3)NC(=O)C4)c2)no1. The number of carbonyl (C=O) groups is 2. The Morgan fingerprint density at radius 3 is 2.92 bits per heavy atom. The summed E-state index contributed by atoms with van der Waals surface area (Å²) in [5.74, 6) is 1.06. The number of nitrogens with one attached hydrogen (secondary N) is 1. The van der Waals surface area contributed by atoms with Gasteiger partial charge in [-0.1, -0.05) is 42.4 Å². The van der Waals surface area contributed by atoms with Crippen LogP contribution in [0.5, 0.6) is 0 Å². The molecule has 5 rings (SSSR count). The molecule has 0 aliphatic carbocycles. The minimum atomic E-state index is -0.341. The zero-order valence-electron chi connectivity index (χ0n) is 20.6. The van der Waals surface area contributed by atoms with Crippen molar-refractivity contribution in [3.63, 3.8) is 0 Å². The largest absolute Gasteiger partial charge is 0.392 e. The average molecular weight is 490 g/mol. The number of anilines is 1. The fourth-order valence-corrected chi connectivity index (χ4v) is 4.92. The molecule has 0 saturated carbocycles.